The molecule has 0 spiro atoms. The SMILES string of the molecule is CCC(=O)c1ccc(CC(=O)OC)cc1C. The highest BCUT2D eigenvalue weighted by Gasteiger charge is 2.09. The molecule has 0 aliphatic heterocycles. The van der Waals surface area contributed by atoms with Gasteiger partial charge in [0, 0.05) is 12.0 Å². The Morgan fingerprint density at radius 3 is 2.50 bits per heavy atom. The van der Waals surface area contributed by atoms with Crippen molar-refractivity contribution in [2.75, 3.05) is 7.11 Å². The fourth-order valence-corrected chi connectivity index (χ4v) is 1.58. The number of hydrogen-bond donors (Lipinski definition) is 0. The Morgan fingerprint density at radius 2 is 2.00 bits per heavy atom. The predicted octanol–water partition coefficient (Wildman–Crippen LogP) is 2.30. The van der Waals surface area contributed by atoms with Gasteiger partial charge in [-0.25, -0.2) is 0 Å². The molecule has 0 bridgehead atoms. The number of rotatable bonds is 4. The third-order valence-electron chi connectivity index (χ3n) is 2.49. The van der Waals surface area contributed by atoms with Crippen LogP contribution in [0.2, 0.25) is 0 Å². The van der Waals surface area contributed by atoms with E-state index >= 15 is 0 Å². The van der Waals surface area contributed by atoms with Crippen molar-refractivity contribution in [1.29, 1.82) is 0 Å². The molecule has 86 valence electrons. The summed E-state index contributed by atoms with van der Waals surface area (Å²) in [5.41, 5.74) is 2.52. The minimum absolute atomic E-state index is 0.127. The lowest BCUT2D eigenvalue weighted by Crippen LogP contribution is -2.06. The monoisotopic (exact) mass is 220 g/mol. The number of ether oxygens (including phenoxy) is 1. The van der Waals surface area contributed by atoms with Crippen molar-refractivity contribution < 1.29 is 14.3 Å². The van der Waals surface area contributed by atoms with E-state index < -0.39 is 0 Å². The molecule has 0 amide bonds. The van der Waals surface area contributed by atoms with Crippen LogP contribution < -0.4 is 0 Å². The smallest absolute Gasteiger partial charge is 0.309 e. The van der Waals surface area contributed by atoms with Crippen molar-refractivity contribution in [3.05, 3.63) is 34.9 Å². The lowest BCUT2D eigenvalue weighted by molar-refractivity contribution is -0.139. The zero-order valence-corrected chi connectivity index (χ0v) is 9.87. The van der Waals surface area contributed by atoms with Gasteiger partial charge in [-0.05, 0) is 18.1 Å². The second kappa shape index (κ2) is 5.45. The van der Waals surface area contributed by atoms with E-state index in [4.69, 9.17) is 0 Å². The lowest BCUT2D eigenvalue weighted by atomic mass is 9.99. The van der Waals surface area contributed by atoms with Crippen molar-refractivity contribution in [2.24, 2.45) is 0 Å². The molecule has 0 aromatic heterocycles. The van der Waals surface area contributed by atoms with E-state index in [-0.39, 0.29) is 18.2 Å². The molecule has 0 aliphatic carbocycles. The summed E-state index contributed by atoms with van der Waals surface area (Å²) in [5, 5.41) is 0. The van der Waals surface area contributed by atoms with Gasteiger partial charge in [0.05, 0.1) is 13.5 Å². The number of carbonyl (C=O) groups excluding carboxylic acids is 2. The second-order valence-electron chi connectivity index (χ2n) is 3.68. The maximum atomic E-state index is 11.5. The summed E-state index contributed by atoms with van der Waals surface area (Å²) in [5.74, 6) is -0.143. The summed E-state index contributed by atoms with van der Waals surface area (Å²) in [7, 11) is 1.37. The number of hydrogen-bond acceptors (Lipinski definition) is 3. The van der Waals surface area contributed by atoms with Crippen LogP contribution in [0.25, 0.3) is 0 Å². The molecule has 0 aliphatic rings. The van der Waals surface area contributed by atoms with Crippen LogP contribution in [0.15, 0.2) is 18.2 Å². The van der Waals surface area contributed by atoms with Crippen molar-refractivity contribution in [2.45, 2.75) is 26.7 Å². The Morgan fingerprint density at radius 1 is 1.31 bits per heavy atom. The fourth-order valence-electron chi connectivity index (χ4n) is 1.58. The van der Waals surface area contributed by atoms with Crippen molar-refractivity contribution in [3.8, 4) is 0 Å². The van der Waals surface area contributed by atoms with Crippen LogP contribution in [-0.4, -0.2) is 18.9 Å². The van der Waals surface area contributed by atoms with Gasteiger partial charge in [0.2, 0.25) is 0 Å². The summed E-state index contributed by atoms with van der Waals surface area (Å²) in [6.45, 7) is 3.72. The summed E-state index contributed by atoms with van der Waals surface area (Å²) in [6, 6.07) is 5.44. The van der Waals surface area contributed by atoms with Crippen LogP contribution in [-0.2, 0) is 16.0 Å². The minimum Gasteiger partial charge on any atom is -0.469 e. The first-order valence-corrected chi connectivity index (χ1v) is 5.28. The molecule has 0 N–H and O–H groups in total. The van der Waals surface area contributed by atoms with Gasteiger partial charge in [0.15, 0.2) is 5.78 Å². The fraction of sp³-hybridized carbons (Fsp3) is 0.385. The molecule has 1 rings (SSSR count). The Bertz CT molecular complexity index is 408. The molecular weight excluding hydrogens is 204 g/mol. The predicted molar refractivity (Wildman–Crippen MR) is 61.5 cm³/mol. The molecule has 0 saturated carbocycles. The van der Waals surface area contributed by atoms with Crippen LogP contribution in [0.5, 0.6) is 0 Å². The number of esters is 1. The maximum absolute atomic E-state index is 11.5. The average Bonchev–Trinajstić information content (AvgIpc) is 2.28. The summed E-state index contributed by atoms with van der Waals surface area (Å²) in [6.07, 6.45) is 0.745. The van der Waals surface area contributed by atoms with Crippen molar-refractivity contribution in [1.82, 2.24) is 0 Å². The van der Waals surface area contributed by atoms with E-state index in [9.17, 15) is 9.59 Å². The van der Waals surface area contributed by atoms with Gasteiger partial charge >= 0.3 is 5.97 Å². The molecule has 0 fully saturated rings. The first-order chi connectivity index (χ1) is 7.58. The van der Waals surface area contributed by atoms with Gasteiger partial charge in [-0.1, -0.05) is 25.1 Å². The Labute approximate surface area is 95.4 Å². The van der Waals surface area contributed by atoms with Crippen molar-refractivity contribution >= 4 is 11.8 Å². The largest absolute Gasteiger partial charge is 0.469 e. The Kier molecular flexibility index (Phi) is 4.23. The van der Waals surface area contributed by atoms with Gasteiger partial charge in [-0.15, -0.1) is 0 Å². The van der Waals surface area contributed by atoms with Gasteiger partial charge < -0.3 is 4.74 Å². The Balaban J connectivity index is 2.91. The molecule has 0 heterocycles. The summed E-state index contributed by atoms with van der Waals surface area (Å²) in [4.78, 5) is 22.6. The van der Waals surface area contributed by atoms with Crippen LogP contribution in [0, 0.1) is 6.92 Å². The zero-order valence-electron chi connectivity index (χ0n) is 9.87. The first kappa shape index (κ1) is 12.4. The second-order valence-corrected chi connectivity index (χ2v) is 3.68. The number of methoxy groups -OCH3 is 1. The quantitative estimate of drug-likeness (QED) is 0.577. The van der Waals surface area contributed by atoms with E-state index in [1.807, 2.05) is 19.9 Å². The molecule has 1 aromatic carbocycles. The third kappa shape index (κ3) is 2.92. The number of aryl methyl sites for hydroxylation is 1. The Hall–Kier alpha value is -1.64. The number of carbonyl (C=O) groups is 2. The maximum Gasteiger partial charge on any atom is 0.309 e. The third-order valence-corrected chi connectivity index (χ3v) is 2.49. The molecular formula is C13H16O3. The number of benzene rings is 1. The zero-order chi connectivity index (χ0) is 12.1. The highest BCUT2D eigenvalue weighted by Crippen LogP contribution is 2.14. The number of ketones is 1. The van der Waals surface area contributed by atoms with E-state index in [1.165, 1.54) is 7.11 Å². The highest BCUT2D eigenvalue weighted by atomic mass is 16.5. The molecule has 0 unspecified atom stereocenters. The molecule has 0 radical (unpaired) electrons. The minimum atomic E-state index is -0.269. The van der Waals surface area contributed by atoms with E-state index in [0.29, 0.717) is 6.42 Å². The van der Waals surface area contributed by atoms with Crippen LogP contribution >= 0.6 is 0 Å². The molecule has 1 aromatic rings. The lowest BCUT2D eigenvalue weighted by Gasteiger charge is -2.06. The van der Waals surface area contributed by atoms with E-state index in [1.54, 1.807) is 12.1 Å². The van der Waals surface area contributed by atoms with Gasteiger partial charge in [-0.2, -0.15) is 0 Å². The number of Topliss-reactive ketones (excluding diaryl/α,β-unsaturated/α-hetero) is 1. The average molecular weight is 220 g/mol. The van der Waals surface area contributed by atoms with E-state index in [2.05, 4.69) is 4.74 Å². The first-order valence-electron chi connectivity index (χ1n) is 5.28. The summed E-state index contributed by atoms with van der Waals surface area (Å²) < 4.78 is 4.59. The van der Waals surface area contributed by atoms with Gasteiger partial charge in [-0.3, -0.25) is 9.59 Å². The molecule has 0 saturated heterocycles. The molecule has 16 heavy (non-hydrogen) atoms. The standard InChI is InChI=1S/C13H16O3/c1-4-12(14)11-6-5-10(7-9(11)2)8-13(15)16-3/h5-7H,4,8H2,1-3H3. The molecule has 3 heteroatoms. The van der Waals surface area contributed by atoms with Crippen molar-refractivity contribution in [3.63, 3.8) is 0 Å². The topological polar surface area (TPSA) is 43.4 Å². The van der Waals surface area contributed by atoms with Crippen LogP contribution in [0.3, 0.4) is 0 Å². The van der Waals surface area contributed by atoms with Crippen LogP contribution in [0.1, 0.15) is 34.8 Å². The van der Waals surface area contributed by atoms with Gasteiger partial charge in [0.1, 0.15) is 0 Å². The normalized spacial score (nSPS) is 9.94. The van der Waals surface area contributed by atoms with Gasteiger partial charge in [0.25, 0.3) is 0 Å². The molecule has 3 nitrogen and oxygen atoms in total. The van der Waals surface area contributed by atoms with Crippen LogP contribution in [0.4, 0.5) is 0 Å². The highest BCUT2D eigenvalue weighted by molar-refractivity contribution is 5.97. The summed E-state index contributed by atoms with van der Waals surface area (Å²) >= 11 is 0. The van der Waals surface area contributed by atoms with E-state index in [0.717, 1.165) is 16.7 Å². The molecule has 0 atom stereocenters.